The summed E-state index contributed by atoms with van der Waals surface area (Å²) in [5, 5.41) is 22.9. The first-order valence-corrected chi connectivity index (χ1v) is 13.5. The average molecular weight is 732 g/mol. The number of unbranched alkanes of at least 4 members (excludes halogenated alkanes) is 1. The number of hydrogen-bond acceptors (Lipinski definition) is 7. The summed E-state index contributed by atoms with van der Waals surface area (Å²) in [5.41, 5.74) is 0.907. The molecule has 0 spiro atoms. The van der Waals surface area contributed by atoms with Crippen LogP contribution in [0.25, 0.3) is 0 Å². The van der Waals surface area contributed by atoms with Crippen LogP contribution in [0.5, 0.6) is 0 Å². The summed E-state index contributed by atoms with van der Waals surface area (Å²) < 4.78 is 6.05. The van der Waals surface area contributed by atoms with Gasteiger partial charge in [0, 0.05) is 6.42 Å². The van der Waals surface area contributed by atoms with Crippen LogP contribution in [-0.4, -0.2) is 83.0 Å². The van der Waals surface area contributed by atoms with Crippen molar-refractivity contribution in [3.05, 3.63) is 29.8 Å². The molecule has 38 heavy (non-hydrogen) atoms. The fourth-order valence-electron chi connectivity index (χ4n) is 3.26. The van der Waals surface area contributed by atoms with Crippen molar-refractivity contribution in [3.8, 4) is 0 Å². The number of alkyl carbamates (subject to hydrolysis) is 1. The Balaban J connectivity index is 2.31. The number of nitrogens with one attached hydrogen (secondary N) is 2. The molecule has 0 aromatic heterocycles. The van der Waals surface area contributed by atoms with Crippen LogP contribution >= 0.6 is 0 Å². The maximum absolute atomic E-state index is 12.3. The predicted molar refractivity (Wildman–Crippen MR) is 131 cm³/mol. The number of Topliss-reactive ketones (excluding diaryl/α,β-unsaturated/α-hetero) is 1. The van der Waals surface area contributed by atoms with E-state index >= 15 is 0 Å². The Bertz CT molecular complexity index is 985. The molecule has 1 aromatic rings. The summed E-state index contributed by atoms with van der Waals surface area (Å²) in [5.74, 6) is -3.32. The average Bonchev–Trinajstić information content (AvgIpc) is 2.84. The van der Waals surface area contributed by atoms with Crippen molar-refractivity contribution in [1.29, 1.82) is 0 Å². The molecule has 0 unspecified atom stereocenters. The van der Waals surface area contributed by atoms with E-state index in [4.69, 9.17) is 9.84 Å². The van der Waals surface area contributed by atoms with Gasteiger partial charge < -0.3 is 20.3 Å². The van der Waals surface area contributed by atoms with E-state index < -0.39 is 36.0 Å². The van der Waals surface area contributed by atoms with Crippen molar-refractivity contribution >= 4 is 38.9 Å². The molecule has 0 aliphatic rings. The maximum atomic E-state index is 12.3. The number of ether oxygens (including phenoxy) is 1. The number of carbonyl (C=O) groups excluding carboxylic acids is 4. The molecule has 0 aliphatic heterocycles. The van der Waals surface area contributed by atoms with Gasteiger partial charge in [-0.15, -0.1) is 0 Å². The molecule has 12 nitrogen and oxygen atoms in total. The van der Waals surface area contributed by atoms with Crippen molar-refractivity contribution in [2.75, 3.05) is 20.1 Å². The van der Waals surface area contributed by atoms with E-state index in [2.05, 4.69) is 10.6 Å². The molecule has 0 aliphatic carbocycles. The van der Waals surface area contributed by atoms with Crippen molar-refractivity contribution in [3.63, 3.8) is 0 Å². The van der Waals surface area contributed by atoms with Gasteiger partial charge in [0.05, 0.1) is 6.04 Å². The molecule has 13 heteroatoms. The van der Waals surface area contributed by atoms with Crippen LogP contribution in [0.1, 0.15) is 51.0 Å². The fourth-order valence-corrected chi connectivity index (χ4v) is 3.75. The van der Waals surface area contributed by atoms with Gasteiger partial charge in [-0.3, -0.25) is 9.59 Å². The molecule has 0 saturated carbocycles. The Labute approximate surface area is 236 Å². The number of aliphatic carboxylic acids is 2. The van der Waals surface area contributed by atoms with Crippen molar-refractivity contribution in [2.24, 2.45) is 0 Å². The Morgan fingerprint density at radius 2 is 1.66 bits per heavy atom. The van der Waals surface area contributed by atoms with E-state index in [9.17, 15) is 33.9 Å². The van der Waals surface area contributed by atoms with Gasteiger partial charge >= 0.3 is 140 Å². The van der Waals surface area contributed by atoms with Crippen LogP contribution in [0.15, 0.2) is 24.3 Å². The topological polar surface area (TPSA) is 179 Å². The van der Waals surface area contributed by atoms with Gasteiger partial charge in [0.2, 0.25) is 6.10 Å². The van der Waals surface area contributed by atoms with Gasteiger partial charge in [0.1, 0.15) is 0 Å². The first kappa shape index (κ1) is 33.0. The molecule has 210 valence electrons. The monoisotopic (exact) mass is 731 g/mol. The number of likely N-dealkylation sites (N-methyl/N-ethyl adjacent to an activating group) is 1. The fraction of sp³-hybridized carbons (Fsp3) is 0.520. The third-order valence-corrected chi connectivity index (χ3v) is 6.52. The van der Waals surface area contributed by atoms with E-state index in [1.54, 1.807) is 31.8 Å². The van der Waals surface area contributed by atoms with Gasteiger partial charge in [0.15, 0.2) is 5.78 Å². The summed E-state index contributed by atoms with van der Waals surface area (Å²) >= 11 is 1.56. The second kappa shape index (κ2) is 17.4. The van der Waals surface area contributed by atoms with Gasteiger partial charge in [-0.2, -0.15) is 0 Å². The summed E-state index contributed by atoms with van der Waals surface area (Å²) in [6, 6.07) is 6.64. The Hall–Kier alpha value is -3.08. The van der Waals surface area contributed by atoms with Crippen molar-refractivity contribution in [1.82, 2.24) is 15.5 Å². The zero-order valence-corrected chi connectivity index (χ0v) is 24.3. The van der Waals surface area contributed by atoms with E-state index in [1.165, 1.54) is 11.8 Å². The Morgan fingerprint density at radius 3 is 2.24 bits per heavy atom. The largest absolute Gasteiger partial charge is 0.479 e. The minimum Gasteiger partial charge on any atom is -0.479 e. The predicted octanol–water partition coefficient (Wildman–Crippen LogP) is 0.541. The number of hydrogen-bond donors (Lipinski definition) is 4. The van der Waals surface area contributed by atoms with Crippen LogP contribution in [0.2, 0.25) is 0 Å². The quantitative estimate of drug-likeness (QED) is 0.167. The maximum Gasteiger partial charge on any atom is 0.345 e. The van der Waals surface area contributed by atoms with Crippen LogP contribution in [-0.2, 0) is 35.1 Å². The van der Waals surface area contributed by atoms with Crippen molar-refractivity contribution < 1.29 is 68.4 Å². The molecule has 2 atom stereocenters. The van der Waals surface area contributed by atoms with Gasteiger partial charge in [-0.1, -0.05) is 0 Å². The normalized spacial score (nSPS) is 12.1. The van der Waals surface area contributed by atoms with Crippen LogP contribution in [0, 0.1) is 24.7 Å². The third-order valence-electron chi connectivity index (χ3n) is 5.54. The summed E-state index contributed by atoms with van der Waals surface area (Å²) in [6.07, 6.45) is -1.96. The number of nitrogens with zero attached hydrogens (tertiary/aromatic N) is 1. The Morgan fingerprint density at radius 1 is 1.00 bits per heavy atom. The van der Waals surface area contributed by atoms with Gasteiger partial charge in [0.25, 0.3) is 0 Å². The van der Waals surface area contributed by atoms with E-state index in [-0.39, 0.29) is 57.0 Å². The molecule has 3 amide bonds. The zero-order valence-electron chi connectivity index (χ0n) is 21.4. The first-order valence-electron chi connectivity index (χ1n) is 12.1. The van der Waals surface area contributed by atoms with Crippen LogP contribution < -0.4 is 13.9 Å². The van der Waals surface area contributed by atoms with Gasteiger partial charge in [-0.05, 0) is 32.6 Å². The van der Waals surface area contributed by atoms with Gasteiger partial charge in [-0.25, -0.2) is 9.59 Å². The van der Waals surface area contributed by atoms with Crippen LogP contribution in [0.3, 0.4) is 0 Å². The zero-order chi connectivity index (χ0) is 28.7. The SMILES string of the molecule is CC(=O)[C@H](CCC(=O)O)NC(=O)O[C@@H](CCCCNC(=O)CCN(C)C(=O)Cc1ccc([211At])cc1)C(=O)O. The minimum atomic E-state index is -1.47. The molecule has 0 fully saturated rings. The minimum absolute atomic E-state index is 0.0182. The Kier molecular flexibility index (Phi) is 15.1. The smallest absolute Gasteiger partial charge is 0.345 e. The van der Waals surface area contributed by atoms with E-state index in [1.807, 2.05) is 24.3 Å². The van der Waals surface area contributed by atoms with Crippen molar-refractivity contribution in [2.45, 2.75) is 64.0 Å². The first-order chi connectivity index (χ1) is 17.9. The number of amides is 3. The molecule has 1 aromatic carbocycles. The molecule has 0 radical (unpaired) electrons. The molecule has 0 heterocycles. The number of benzene rings is 1. The number of rotatable bonds is 17. The number of carboxylic acid groups (broad SMARTS) is 2. The third kappa shape index (κ3) is 14.0. The molecular formula is C25H34AtN3O9. The summed E-state index contributed by atoms with van der Waals surface area (Å²) in [4.78, 5) is 71.6. The van der Waals surface area contributed by atoms with E-state index in [0.29, 0.717) is 12.8 Å². The molecular weight excluding hydrogens is 697 g/mol. The second-order valence-corrected chi connectivity index (χ2v) is 10.4. The number of carboxylic acids is 2. The molecule has 0 bridgehead atoms. The van der Waals surface area contributed by atoms with E-state index in [0.717, 1.165) is 8.83 Å². The number of carbonyl (C=O) groups is 6. The summed E-state index contributed by atoms with van der Waals surface area (Å²) in [6.45, 7) is 1.72. The molecule has 1 rings (SSSR count). The standard InChI is InChI=1S/C25H34AtN3O9/c1-16(30)19(10-11-23(33)34)28-25(37)38-20(24(35)36)5-3-4-13-27-21(31)12-14-29(2)22(32)15-17-6-8-18(26)9-7-17/h6-9,19-20H,3-5,10-15H2,1-2H3,(H,27,31)(H,28,37)(H,33,34)(H,35,36)/t19-,20-/m0/s1/i26+1. The second-order valence-electron chi connectivity index (χ2n) is 8.69. The molecule has 4 N–H and O–H groups in total. The number of ketones is 1. The molecule has 0 saturated heterocycles. The summed E-state index contributed by atoms with van der Waals surface area (Å²) in [7, 11) is 1.64. The van der Waals surface area contributed by atoms with Crippen LogP contribution in [0.4, 0.5) is 4.79 Å².